The molecule has 2 N–H and O–H groups in total. The Kier molecular flexibility index (Phi) is 6.29. The molecule has 1 aromatic carbocycles. The first-order chi connectivity index (χ1) is 11.8. The molecule has 0 aliphatic heterocycles. The fourth-order valence-electron chi connectivity index (χ4n) is 2.32. The third kappa shape index (κ3) is 5.09. The maximum atomic E-state index is 12.5. The lowest BCUT2D eigenvalue weighted by Crippen LogP contribution is -2.49. The van der Waals surface area contributed by atoms with Crippen molar-refractivity contribution in [3.63, 3.8) is 0 Å². The molecule has 0 bridgehead atoms. The van der Waals surface area contributed by atoms with Crippen molar-refractivity contribution in [3.05, 3.63) is 34.4 Å². The van der Waals surface area contributed by atoms with Crippen molar-refractivity contribution in [1.82, 2.24) is 10.3 Å². The van der Waals surface area contributed by atoms with Crippen LogP contribution in [0.2, 0.25) is 0 Å². The molecule has 6 nitrogen and oxygen atoms in total. The number of fused-ring (bicyclic) bond motifs is 1. The Labute approximate surface area is 159 Å². The van der Waals surface area contributed by atoms with E-state index in [1.54, 1.807) is 26.3 Å². The summed E-state index contributed by atoms with van der Waals surface area (Å²) in [5.41, 5.74) is 0.342. The number of amides is 1. The van der Waals surface area contributed by atoms with E-state index in [9.17, 15) is 4.79 Å². The predicted octanol–water partition coefficient (Wildman–Crippen LogP) is 3.73. The number of nitrogens with one attached hydrogen (secondary N) is 1. The predicted molar refractivity (Wildman–Crippen MR) is 105 cm³/mol. The number of carbonyl (C=O) groups excluding carboxylic acids is 1. The van der Waals surface area contributed by atoms with Crippen molar-refractivity contribution < 1.29 is 14.7 Å². The van der Waals surface area contributed by atoms with Gasteiger partial charge in [-0.1, -0.05) is 5.16 Å². The van der Waals surface area contributed by atoms with E-state index in [0.717, 1.165) is 20.9 Å². The van der Waals surface area contributed by atoms with Crippen molar-refractivity contribution >= 4 is 50.7 Å². The molecular weight excluding hydrogens is 406 g/mol. The molecule has 0 spiro atoms. The van der Waals surface area contributed by atoms with Crippen molar-refractivity contribution in [2.45, 2.75) is 31.7 Å². The lowest BCUT2D eigenvalue weighted by Gasteiger charge is -2.24. The normalized spacial score (nSPS) is 13.2. The van der Waals surface area contributed by atoms with Crippen LogP contribution < -0.4 is 10.1 Å². The van der Waals surface area contributed by atoms with Gasteiger partial charge in [0.25, 0.3) is 5.91 Å². The lowest BCUT2D eigenvalue weighted by atomic mass is 10.1. The smallest absolute Gasteiger partial charge is 0.272 e. The second-order valence-electron chi connectivity index (χ2n) is 6.11. The minimum atomic E-state index is -0.780. The summed E-state index contributed by atoms with van der Waals surface area (Å²) in [6.07, 6.45) is 4.80. The van der Waals surface area contributed by atoms with Crippen LogP contribution in [-0.2, 0) is 4.79 Å². The first-order valence-corrected chi connectivity index (χ1v) is 9.60. The zero-order valence-corrected chi connectivity index (χ0v) is 16.8. The quantitative estimate of drug-likeness (QED) is 0.318. The third-order valence-electron chi connectivity index (χ3n) is 3.41. The number of hydrogen-bond acceptors (Lipinski definition) is 6. The van der Waals surface area contributed by atoms with Crippen molar-refractivity contribution in [1.29, 1.82) is 0 Å². The molecule has 2 rings (SSSR count). The Hall–Kier alpha value is -1.80. The first kappa shape index (κ1) is 19.5. The van der Waals surface area contributed by atoms with Crippen LogP contribution in [0.25, 0.3) is 10.9 Å². The Balaban J connectivity index is 2.23. The second-order valence-corrected chi connectivity index (χ2v) is 7.92. The number of ether oxygens (including phenoxy) is 1. The number of aromatic nitrogens is 1. The number of nitrogens with zero attached hydrogens (tertiary/aromatic N) is 2. The van der Waals surface area contributed by atoms with E-state index in [-0.39, 0.29) is 5.91 Å². The zero-order chi connectivity index (χ0) is 18.6. The fraction of sp³-hybridized carbons (Fsp3) is 0.353. The van der Waals surface area contributed by atoms with Crippen LogP contribution in [-0.4, -0.2) is 39.5 Å². The summed E-state index contributed by atoms with van der Waals surface area (Å²) < 4.78 is 6.75. The molecule has 1 heterocycles. The molecule has 0 radical (unpaired) electrons. The average molecular weight is 426 g/mol. The highest BCUT2D eigenvalue weighted by molar-refractivity contribution is 9.10. The molecule has 1 amide bonds. The molecule has 1 atom stereocenters. The van der Waals surface area contributed by atoms with Gasteiger partial charge in [0.05, 0.1) is 17.3 Å². The lowest BCUT2D eigenvalue weighted by molar-refractivity contribution is -0.125. The highest BCUT2D eigenvalue weighted by Crippen LogP contribution is 2.27. The number of carbonyl (C=O) groups is 1. The SMILES string of the molecule is CSC(Oc1cc(C)c2ncc(Br)cc2c1)C(=O)NC(C)(C)/C=N/O. The Morgan fingerprint density at radius 3 is 2.84 bits per heavy atom. The number of pyridine rings is 1. The third-order valence-corrected chi connectivity index (χ3v) is 4.58. The van der Waals surface area contributed by atoms with E-state index in [4.69, 9.17) is 9.94 Å². The van der Waals surface area contributed by atoms with Gasteiger partial charge in [0.15, 0.2) is 0 Å². The summed E-state index contributed by atoms with van der Waals surface area (Å²) in [5, 5.41) is 15.4. The number of oxime groups is 1. The second kappa shape index (κ2) is 8.05. The molecule has 0 saturated carbocycles. The summed E-state index contributed by atoms with van der Waals surface area (Å²) in [6.45, 7) is 5.40. The van der Waals surface area contributed by atoms with Gasteiger partial charge in [-0.15, -0.1) is 11.8 Å². The van der Waals surface area contributed by atoms with Gasteiger partial charge in [-0.25, -0.2) is 0 Å². The van der Waals surface area contributed by atoms with Crippen LogP contribution in [0.1, 0.15) is 19.4 Å². The minimum Gasteiger partial charge on any atom is -0.470 e. The fourth-order valence-corrected chi connectivity index (χ4v) is 3.15. The van der Waals surface area contributed by atoms with E-state index in [2.05, 4.69) is 31.4 Å². The Bertz CT molecular complexity index is 811. The van der Waals surface area contributed by atoms with Gasteiger partial charge in [-0.05, 0) is 66.7 Å². The molecule has 0 aliphatic rings. The van der Waals surface area contributed by atoms with Gasteiger partial charge in [0.2, 0.25) is 5.44 Å². The van der Waals surface area contributed by atoms with Crippen LogP contribution in [0, 0.1) is 6.92 Å². The van der Waals surface area contributed by atoms with Crippen LogP contribution in [0.3, 0.4) is 0 Å². The zero-order valence-electron chi connectivity index (χ0n) is 14.4. The number of thioether (sulfide) groups is 1. The van der Waals surface area contributed by atoms with Gasteiger partial charge in [0, 0.05) is 16.1 Å². The summed E-state index contributed by atoms with van der Waals surface area (Å²) in [4.78, 5) is 16.9. The van der Waals surface area contributed by atoms with Crippen LogP contribution >= 0.6 is 27.7 Å². The summed E-state index contributed by atoms with van der Waals surface area (Å²) in [5.74, 6) is 0.288. The molecule has 25 heavy (non-hydrogen) atoms. The van der Waals surface area contributed by atoms with Crippen LogP contribution in [0.15, 0.2) is 34.0 Å². The monoisotopic (exact) mass is 425 g/mol. The Morgan fingerprint density at radius 2 is 2.20 bits per heavy atom. The van der Waals surface area contributed by atoms with Gasteiger partial charge >= 0.3 is 0 Å². The van der Waals surface area contributed by atoms with Gasteiger partial charge < -0.3 is 15.3 Å². The Morgan fingerprint density at radius 1 is 1.48 bits per heavy atom. The highest BCUT2D eigenvalue weighted by atomic mass is 79.9. The van der Waals surface area contributed by atoms with Gasteiger partial charge in [-0.3, -0.25) is 9.78 Å². The van der Waals surface area contributed by atoms with E-state index < -0.39 is 11.0 Å². The van der Waals surface area contributed by atoms with Gasteiger partial charge in [0.1, 0.15) is 5.75 Å². The van der Waals surface area contributed by atoms with Crippen molar-refractivity contribution in [2.24, 2.45) is 5.16 Å². The average Bonchev–Trinajstić information content (AvgIpc) is 2.51. The van der Waals surface area contributed by atoms with Gasteiger partial charge in [-0.2, -0.15) is 0 Å². The number of rotatable bonds is 6. The summed E-state index contributed by atoms with van der Waals surface area (Å²) in [7, 11) is 0. The maximum Gasteiger partial charge on any atom is 0.272 e. The van der Waals surface area contributed by atoms with Crippen LogP contribution in [0.5, 0.6) is 5.75 Å². The maximum absolute atomic E-state index is 12.5. The molecule has 8 heteroatoms. The molecule has 2 aromatic rings. The number of hydrogen-bond donors (Lipinski definition) is 2. The summed E-state index contributed by atoms with van der Waals surface area (Å²) in [6, 6.07) is 5.67. The number of halogens is 1. The largest absolute Gasteiger partial charge is 0.470 e. The highest BCUT2D eigenvalue weighted by Gasteiger charge is 2.26. The molecule has 1 aromatic heterocycles. The first-order valence-electron chi connectivity index (χ1n) is 7.51. The molecular formula is C17H20BrN3O3S. The van der Waals surface area contributed by atoms with Crippen LogP contribution in [0.4, 0.5) is 0 Å². The topological polar surface area (TPSA) is 83.8 Å². The standard InChI is InChI=1S/C17H20BrN3O3S/c1-10-5-13(7-11-6-12(18)8-19-14(10)11)24-16(25-4)15(22)21-17(2,3)9-20-23/h5-9,16,23H,1-4H3,(H,21,22)/b20-9+. The number of aryl methyl sites for hydroxylation is 1. The van der Waals surface area contributed by atoms with E-state index in [0.29, 0.717) is 5.75 Å². The summed E-state index contributed by atoms with van der Waals surface area (Å²) >= 11 is 4.69. The minimum absolute atomic E-state index is 0.303. The number of benzene rings is 1. The van der Waals surface area contributed by atoms with Crippen molar-refractivity contribution in [2.75, 3.05) is 6.26 Å². The molecule has 134 valence electrons. The molecule has 0 aliphatic carbocycles. The van der Waals surface area contributed by atoms with E-state index >= 15 is 0 Å². The van der Waals surface area contributed by atoms with E-state index in [1.165, 1.54) is 18.0 Å². The van der Waals surface area contributed by atoms with Crippen molar-refractivity contribution in [3.8, 4) is 5.75 Å². The van der Waals surface area contributed by atoms with E-state index in [1.807, 2.05) is 25.1 Å². The molecule has 0 saturated heterocycles. The molecule has 1 unspecified atom stereocenters. The molecule has 0 fully saturated rings.